The first-order chi connectivity index (χ1) is 9.83. The molecule has 1 aromatic rings. The number of ether oxygens (including phenoxy) is 1. The second-order valence-corrected chi connectivity index (χ2v) is 8.28. The molecule has 1 amide bonds. The Labute approximate surface area is 139 Å². The minimum absolute atomic E-state index is 0.150. The molecule has 2 bridgehead atoms. The SMILES string of the molecule is CC(C)(C)OC(=O)N1C2CCC1CC(n1cc(I)cn1)C2. The quantitative estimate of drug-likeness (QED) is 0.674. The van der Waals surface area contributed by atoms with Crippen molar-refractivity contribution in [2.45, 2.75) is 70.2 Å². The van der Waals surface area contributed by atoms with E-state index in [1.165, 1.54) is 0 Å². The van der Waals surface area contributed by atoms with Crippen LogP contribution < -0.4 is 0 Å². The fourth-order valence-electron chi connectivity index (χ4n) is 3.49. The van der Waals surface area contributed by atoms with Crippen molar-refractivity contribution in [3.8, 4) is 0 Å². The van der Waals surface area contributed by atoms with E-state index >= 15 is 0 Å². The number of rotatable bonds is 1. The summed E-state index contributed by atoms with van der Waals surface area (Å²) < 4.78 is 8.80. The first kappa shape index (κ1) is 15.1. The smallest absolute Gasteiger partial charge is 0.410 e. The third-order valence-electron chi connectivity index (χ3n) is 4.26. The highest BCUT2D eigenvalue weighted by atomic mass is 127. The van der Waals surface area contributed by atoms with E-state index in [0.717, 1.165) is 29.3 Å². The van der Waals surface area contributed by atoms with Crippen LogP contribution in [-0.4, -0.2) is 38.5 Å². The van der Waals surface area contributed by atoms with Crippen LogP contribution in [0.4, 0.5) is 4.79 Å². The van der Waals surface area contributed by atoms with Gasteiger partial charge in [-0.15, -0.1) is 0 Å². The Morgan fingerprint density at radius 2 is 1.90 bits per heavy atom. The number of piperidine rings is 1. The van der Waals surface area contributed by atoms with Crippen molar-refractivity contribution >= 4 is 28.7 Å². The number of hydrogen-bond donors (Lipinski definition) is 0. The molecule has 0 radical (unpaired) electrons. The molecular formula is C15H22IN3O2. The van der Waals surface area contributed by atoms with E-state index in [-0.39, 0.29) is 6.09 Å². The molecule has 5 nitrogen and oxygen atoms in total. The van der Waals surface area contributed by atoms with Crippen LogP contribution in [0.2, 0.25) is 0 Å². The molecule has 2 atom stereocenters. The molecule has 2 aliphatic rings. The molecule has 1 aromatic heterocycles. The topological polar surface area (TPSA) is 47.4 Å². The molecule has 0 saturated carbocycles. The third-order valence-corrected chi connectivity index (χ3v) is 4.81. The fraction of sp³-hybridized carbons (Fsp3) is 0.733. The van der Waals surface area contributed by atoms with Crippen LogP contribution in [0, 0.1) is 3.57 Å². The maximum Gasteiger partial charge on any atom is 0.410 e. The van der Waals surface area contributed by atoms with Crippen molar-refractivity contribution in [1.82, 2.24) is 14.7 Å². The van der Waals surface area contributed by atoms with Gasteiger partial charge < -0.3 is 9.64 Å². The zero-order chi connectivity index (χ0) is 15.2. The fourth-order valence-corrected chi connectivity index (χ4v) is 3.90. The molecule has 21 heavy (non-hydrogen) atoms. The Kier molecular flexibility index (Phi) is 3.92. The number of hydrogen-bond acceptors (Lipinski definition) is 3. The van der Waals surface area contributed by atoms with E-state index in [2.05, 4.69) is 38.6 Å². The molecule has 0 spiro atoms. The monoisotopic (exact) mass is 403 g/mol. The summed E-state index contributed by atoms with van der Waals surface area (Å²) in [5.74, 6) is 0. The largest absolute Gasteiger partial charge is 0.444 e. The highest BCUT2D eigenvalue weighted by molar-refractivity contribution is 14.1. The molecule has 2 fully saturated rings. The number of carbonyl (C=O) groups is 1. The molecule has 0 aromatic carbocycles. The summed E-state index contributed by atoms with van der Waals surface area (Å²) in [7, 11) is 0. The van der Waals surface area contributed by atoms with Crippen molar-refractivity contribution in [1.29, 1.82) is 0 Å². The Bertz CT molecular complexity index is 523. The average Bonchev–Trinajstić information content (AvgIpc) is 2.89. The summed E-state index contributed by atoms with van der Waals surface area (Å²) in [6.45, 7) is 5.77. The lowest BCUT2D eigenvalue weighted by Gasteiger charge is -2.39. The lowest BCUT2D eigenvalue weighted by molar-refractivity contribution is 0.00232. The van der Waals surface area contributed by atoms with Gasteiger partial charge in [0.05, 0.1) is 15.8 Å². The van der Waals surface area contributed by atoms with Crippen molar-refractivity contribution in [2.75, 3.05) is 0 Å². The van der Waals surface area contributed by atoms with E-state index in [9.17, 15) is 4.79 Å². The summed E-state index contributed by atoms with van der Waals surface area (Å²) in [4.78, 5) is 14.4. The van der Waals surface area contributed by atoms with Crippen LogP contribution in [0.15, 0.2) is 12.4 Å². The number of fused-ring (bicyclic) bond motifs is 2. The molecule has 2 unspecified atom stereocenters. The zero-order valence-corrected chi connectivity index (χ0v) is 14.9. The van der Waals surface area contributed by atoms with Gasteiger partial charge in [0.1, 0.15) is 5.60 Å². The Morgan fingerprint density at radius 3 is 2.38 bits per heavy atom. The minimum atomic E-state index is -0.425. The van der Waals surface area contributed by atoms with E-state index in [4.69, 9.17) is 4.74 Å². The van der Waals surface area contributed by atoms with Gasteiger partial charge >= 0.3 is 6.09 Å². The van der Waals surface area contributed by atoms with Crippen LogP contribution in [0.3, 0.4) is 0 Å². The maximum absolute atomic E-state index is 12.4. The van der Waals surface area contributed by atoms with Gasteiger partial charge in [0.15, 0.2) is 0 Å². The molecule has 3 heterocycles. The molecule has 2 aliphatic heterocycles. The zero-order valence-electron chi connectivity index (χ0n) is 12.8. The van der Waals surface area contributed by atoms with Crippen LogP contribution in [0.5, 0.6) is 0 Å². The van der Waals surface area contributed by atoms with Crippen LogP contribution in [0.25, 0.3) is 0 Å². The lowest BCUT2D eigenvalue weighted by Crippen LogP contribution is -2.48. The number of halogens is 1. The van der Waals surface area contributed by atoms with E-state index in [0.29, 0.717) is 18.1 Å². The minimum Gasteiger partial charge on any atom is -0.444 e. The predicted octanol–water partition coefficient (Wildman–Crippen LogP) is 3.59. The second kappa shape index (κ2) is 5.44. The molecule has 0 N–H and O–H groups in total. The van der Waals surface area contributed by atoms with Crippen LogP contribution in [0.1, 0.15) is 52.5 Å². The van der Waals surface area contributed by atoms with Gasteiger partial charge in [0.25, 0.3) is 0 Å². The highest BCUT2D eigenvalue weighted by Gasteiger charge is 2.45. The third kappa shape index (κ3) is 3.19. The van der Waals surface area contributed by atoms with Crippen molar-refractivity contribution in [2.24, 2.45) is 0 Å². The van der Waals surface area contributed by atoms with Gasteiger partial charge in [-0.2, -0.15) is 5.10 Å². The number of amides is 1. The van der Waals surface area contributed by atoms with E-state index in [1.807, 2.05) is 31.9 Å². The second-order valence-electron chi connectivity index (χ2n) is 7.04. The number of aromatic nitrogens is 2. The van der Waals surface area contributed by atoms with Gasteiger partial charge in [-0.05, 0) is 69.0 Å². The number of carbonyl (C=O) groups excluding carboxylic acids is 1. The van der Waals surface area contributed by atoms with E-state index in [1.54, 1.807) is 0 Å². The van der Waals surface area contributed by atoms with Crippen molar-refractivity contribution in [3.05, 3.63) is 16.0 Å². The standard InChI is InChI=1S/C15H22IN3O2/c1-15(2,3)21-14(20)19-11-4-5-12(19)7-13(6-11)18-9-10(16)8-17-18/h8-9,11-13H,4-7H2,1-3H3. The summed E-state index contributed by atoms with van der Waals surface area (Å²) in [5.41, 5.74) is -0.425. The summed E-state index contributed by atoms with van der Waals surface area (Å²) in [5, 5.41) is 4.44. The molecule has 0 aliphatic carbocycles. The first-order valence-electron chi connectivity index (χ1n) is 7.54. The average molecular weight is 403 g/mol. The molecule has 6 heteroatoms. The van der Waals surface area contributed by atoms with Crippen molar-refractivity contribution < 1.29 is 9.53 Å². The highest BCUT2D eigenvalue weighted by Crippen LogP contribution is 2.41. The normalized spacial score (nSPS) is 28.8. The molecular weight excluding hydrogens is 381 g/mol. The van der Waals surface area contributed by atoms with Crippen LogP contribution >= 0.6 is 22.6 Å². The van der Waals surface area contributed by atoms with Gasteiger partial charge in [-0.3, -0.25) is 4.68 Å². The lowest BCUT2D eigenvalue weighted by atomic mass is 9.98. The molecule has 116 valence electrons. The first-order valence-corrected chi connectivity index (χ1v) is 8.62. The maximum atomic E-state index is 12.4. The van der Waals surface area contributed by atoms with Gasteiger partial charge in [0, 0.05) is 18.3 Å². The van der Waals surface area contributed by atoms with Gasteiger partial charge in [-0.25, -0.2) is 4.79 Å². The summed E-state index contributed by atoms with van der Waals surface area (Å²) in [6, 6.07) is 1.00. The summed E-state index contributed by atoms with van der Waals surface area (Å²) >= 11 is 2.28. The molecule has 3 rings (SSSR count). The van der Waals surface area contributed by atoms with Gasteiger partial charge in [0.2, 0.25) is 0 Å². The molecule has 2 saturated heterocycles. The van der Waals surface area contributed by atoms with Crippen molar-refractivity contribution in [3.63, 3.8) is 0 Å². The van der Waals surface area contributed by atoms with Crippen LogP contribution in [-0.2, 0) is 4.74 Å². The Morgan fingerprint density at radius 1 is 1.29 bits per heavy atom. The Hall–Kier alpha value is -0.790. The van der Waals surface area contributed by atoms with E-state index < -0.39 is 5.60 Å². The Balaban J connectivity index is 1.71. The van der Waals surface area contributed by atoms with Gasteiger partial charge in [-0.1, -0.05) is 0 Å². The number of nitrogens with zero attached hydrogens (tertiary/aromatic N) is 3. The predicted molar refractivity (Wildman–Crippen MR) is 88.1 cm³/mol. The summed E-state index contributed by atoms with van der Waals surface area (Å²) in [6.07, 6.45) is 7.96.